The third kappa shape index (κ3) is 4.79. The highest BCUT2D eigenvalue weighted by Gasteiger charge is 2.21. The lowest BCUT2D eigenvalue weighted by Gasteiger charge is -2.30. The quantitative estimate of drug-likeness (QED) is 0.806. The maximum Gasteiger partial charge on any atom is 0.253 e. The number of ether oxygens (including phenoxy) is 1. The summed E-state index contributed by atoms with van der Waals surface area (Å²) in [6, 6.07) is 12.4. The van der Waals surface area contributed by atoms with Gasteiger partial charge in [0.15, 0.2) is 0 Å². The monoisotopic (exact) mass is 400 g/mol. The van der Waals surface area contributed by atoms with Gasteiger partial charge in [0.1, 0.15) is 16.5 Å². The largest absolute Gasteiger partial charge is 0.456 e. The van der Waals surface area contributed by atoms with Crippen molar-refractivity contribution in [2.75, 3.05) is 13.1 Å². The van der Waals surface area contributed by atoms with Crippen molar-refractivity contribution >= 4 is 41.5 Å². The maximum absolute atomic E-state index is 12.5. The lowest BCUT2D eigenvalue weighted by molar-refractivity contribution is 0.0715. The summed E-state index contributed by atoms with van der Waals surface area (Å²) in [5.74, 6) is 1.10. The van der Waals surface area contributed by atoms with Gasteiger partial charge in [-0.05, 0) is 49.2 Å². The summed E-state index contributed by atoms with van der Waals surface area (Å²) in [6.07, 6.45) is 1.69. The molecular weight excluding hydrogens is 383 g/mol. The van der Waals surface area contributed by atoms with Crippen LogP contribution >= 0.6 is 35.6 Å². The van der Waals surface area contributed by atoms with Crippen LogP contribution in [0.3, 0.4) is 0 Å². The lowest BCUT2D eigenvalue weighted by Crippen LogP contribution is -2.42. The summed E-state index contributed by atoms with van der Waals surface area (Å²) in [5, 5.41) is 0.799. The molecule has 2 aromatic rings. The molecule has 1 fully saturated rings. The van der Waals surface area contributed by atoms with Crippen molar-refractivity contribution in [1.82, 2.24) is 4.90 Å². The van der Waals surface area contributed by atoms with Gasteiger partial charge in [-0.3, -0.25) is 4.79 Å². The van der Waals surface area contributed by atoms with Crippen LogP contribution in [0.2, 0.25) is 10.0 Å². The van der Waals surface area contributed by atoms with Gasteiger partial charge >= 0.3 is 0 Å². The number of carbonyl (C=O) groups is 1. The number of halogens is 3. The molecule has 0 aliphatic carbocycles. The molecule has 2 aromatic carbocycles. The molecule has 0 unspecified atom stereocenters. The van der Waals surface area contributed by atoms with Gasteiger partial charge in [0.05, 0.1) is 5.02 Å². The summed E-state index contributed by atoms with van der Waals surface area (Å²) in [5.41, 5.74) is 6.51. The molecule has 134 valence electrons. The minimum absolute atomic E-state index is 0. The zero-order chi connectivity index (χ0) is 17.1. The third-order valence-corrected chi connectivity index (χ3v) is 4.87. The topological polar surface area (TPSA) is 55.6 Å². The molecule has 0 spiro atoms. The minimum atomic E-state index is 0. The van der Waals surface area contributed by atoms with Gasteiger partial charge in [0.2, 0.25) is 0 Å². The predicted octanol–water partition coefficient (Wildman–Crippen LogP) is 4.77. The first-order valence-electron chi connectivity index (χ1n) is 7.81. The summed E-state index contributed by atoms with van der Waals surface area (Å²) in [6.45, 7) is 1.41. The predicted molar refractivity (Wildman–Crippen MR) is 103 cm³/mol. The molecule has 1 amide bonds. The number of hydrogen-bond donors (Lipinski definition) is 1. The minimum Gasteiger partial charge on any atom is -0.456 e. The van der Waals surface area contributed by atoms with E-state index in [9.17, 15) is 4.79 Å². The number of nitrogens with two attached hydrogens (primary N) is 1. The number of carbonyl (C=O) groups excluding carboxylic acids is 1. The van der Waals surface area contributed by atoms with E-state index in [-0.39, 0.29) is 24.4 Å². The van der Waals surface area contributed by atoms with Crippen molar-refractivity contribution in [2.45, 2.75) is 18.9 Å². The fourth-order valence-electron chi connectivity index (χ4n) is 2.64. The Morgan fingerprint density at radius 2 is 1.72 bits per heavy atom. The fraction of sp³-hybridized carbons (Fsp3) is 0.278. The van der Waals surface area contributed by atoms with Crippen LogP contribution in [-0.4, -0.2) is 29.9 Å². The Morgan fingerprint density at radius 3 is 2.36 bits per heavy atom. The Kier molecular flexibility index (Phi) is 6.96. The molecular formula is C18H19Cl3N2O2. The summed E-state index contributed by atoms with van der Waals surface area (Å²) in [7, 11) is 0. The van der Waals surface area contributed by atoms with Crippen LogP contribution in [-0.2, 0) is 0 Å². The smallest absolute Gasteiger partial charge is 0.253 e. The van der Waals surface area contributed by atoms with Crippen LogP contribution in [0.4, 0.5) is 0 Å². The third-order valence-electron chi connectivity index (χ3n) is 4.07. The highest BCUT2D eigenvalue weighted by molar-refractivity contribution is 6.42. The number of rotatable bonds is 3. The molecule has 0 bridgehead atoms. The number of hydrogen-bond acceptors (Lipinski definition) is 3. The Bertz CT molecular complexity index is 730. The van der Waals surface area contributed by atoms with Gasteiger partial charge in [-0.25, -0.2) is 0 Å². The van der Waals surface area contributed by atoms with Gasteiger partial charge in [0, 0.05) is 24.7 Å². The van der Waals surface area contributed by atoms with Crippen molar-refractivity contribution in [1.29, 1.82) is 0 Å². The van der Waals surface area contributed by atoms with Gasteiger partial charge in [-0.15, -0.1) is 12.4 Å². The number of likely N-dealkylation sites (tertiary alicyclic amines) is 1. The summed E-state index contributed by atoms with van der Waals surface area (Å²) >= 11 is 12.1. The first kappa shape index (κ1) is 19.9. The molecule has 1 aliphatic heterocycles. The second-order valence-electron chi connectivity index (χ2n) is 5.81. The molecule has 1 aliphatic rings. The van der Waals surface area contributed by atoms with Crippen LogP contribution in [0.25, 0.3) is 0 Å². The maximum atomic E-state index is 12.5. The summed E-state index contributed by atoms with van der Waals surface area (Å²) < 4.78 is 5.73. The van der Waals surface area contributed by atoms with E-state index in [1.54, 1.807) is 42.5 Å². The SMILES string of the molecule is Cl.NC1CCN(C(=O)c2ccc(Oc3cccc(Cl)c3Cl)cc2)CC1. The molecule has 7 heteroatoms. The number of amides is 1. The lowest BCUT2D eigenvalue weighted by atomic mass is 10.0. The van der Waals surface area contributed by atoms with E-state index < -0.39 is 0 Å². The van der Waals surface area contributed by atoms with Crippen molar-refractivity contribution in [2.24, 2.45) is 5.73 Å². The molecule has 0 aromatic heterocycles. The molecule has 0 atom stereocenters. The number of benzene rings is 2. The Morgan fingerprint density at radius 1 is 1.08 bits per heavy atom. The molecule has 4 nitrogen and oxygen atoms in total. The van der Waals surface area contributed by atoms with Crippen LogP contribution in [0.5, 0.6) is 11.5 Å². The van der Waals surface area contributed by atoms with Crippen LogP contribution in [0.1, 0.15) is 23.2 Å². The molecule has 1 saturated heterocycles. The molecule has 0 radical (unpaired) electrons. The van der Waals surface area contributed by atoms with Gasteiger partial charge < -0.3 is 15.4 Å². The standard InChI is InChI=1S/C18H18Cl2N2O2.ClH/c19-15-2-1-3-16(17(15)20)24-14-6-4-12(5-7-14)18(23)22-10-8-13(21)9-11-22;/h1-7,13H,8-11,21H2;1H. The molecule has 1 heterocycles. The van der Waals surface area contributed by atoms with Crippen LogP contribution in [0, 0.1) is 0 Å². The Hall–Kier alpha value is -1.46. The Labute approximate surface area is 163 Å². The van der Waals surface area contributed by atoms with E-state index in [0.29, 0.717) is 40.2 Å². The normalized spacial score (nSPS) is 14.8. The Balaban J connectivity index is 0.00000225. The fourth-order valence-corrected chi connectivity index (χ4v) is 2.97. The van der Waals surface area contributed by atoms with Crippen molar-refractivity contribution < 1.29 is 9.53 Å². The average molecular weight is 402 g/mol. The van der Waals surface area contributed by atoms with E-state index in [2.05, 4.69) is 0 Å². The highest BCUT2D eigenvalue weighted by atomic mass is 35.5. The number of piperidine rings is 1. The molecule has 25 heavy (non-hydrogen) atoms. The first-order valence-corrected chi connectivity index (χ1v) is 8.57. The summed E-state index contributed by atoms with van der Waals surface area (Å²) in [4.78, 5) is 14.3. The van der Waals surface area contributed by atoms with Crippen LogP contribution in [0.15, 0.2) is 42.5 Å². The van der Waals surface area contributed by atoms with Crippen molar-refractivity contribution in [3.05, 3.63) is 58.1 Å². The molecule has 3 rings (SSSR count). The van der Waals surface area contributed by atoms with E-state index in [0.717, 1.165) is 12.8 Å². The zero-order valence-corrected chi connectivity index (χ0v) is 15.8. The first-order chi connectivity index (χ1) is 11.5. The van der Waals surface area contributed by atoms with Crippen molar-refractivity contribution in [3.63, 3.8) is 0 Å². The van der Waals surface area contributed by atoms with Crippen molar-refractivity contribution in [3.8, 4) is 11.5 Å². The zero-order valence-electron chi connectivity index (χ0n) is 13.5. The highest BCUT2D eigenvalue weighted by Crippen LogP contribution is 2.34. The van der Waals surface area contributed by atoms with E-state index in [1.165, 1.54) is 0 Å². The van der Waals surface area contributed by atoms with Crippen LogP contribution < -0.4 is 10.5 Å². The second-order valence-corrected chi connectivity index (χ2v) is 6.59. The average Bonchev–Trinajstić information content (AvgIpc) is 2.60. The van der Waals surface area contributed by atoms with E-state index >= 15 is 0 Å². The van der Waals surface area contributed by atoms with Gasteiger partial charge in [0.25, 0.3) is 5.91 Å². The second kappa shape index (κ2) is 8.77. The molecule has 0 saturated carbocycles. The van der Waals surface area contributed by atoms with Gasteiger partial charge in [-0.1, -0.05) is 29.3 Å². The van der Waals surface area contributed by atoms with Gasteiger partial charge in [-0.2, -0.15) is 0 Å². The number of nitrogens with zero attached hydrogens (tertiary/aromatic N) is 1. The van der Waals surface area contributed by atoms with E-state index in [1.807, 2.05) is 4.90 Å². The molecule has 2 N–H and O–H groups in total. The van der Waals surface area contributed by atoms with E-state index in [4.69, 9.17) is 33.7 Å².